The van der Waals surface area contributed by atoms with Gasteiger partial charge in [0.15, 0.2) is 0 Å². The van der Waals surface area contributed by atoms with E-state index in [0.29, 0.717) is 0 Å². The number of rotatable bonds is 1. The number of quaternary nitrogens is 1. The van der Waals surface area contributed by atoms with Gasteiger partial charge in [0.2, 0.25) is 0 Å². The van der Waals surface area contributed by atoms with E-state index in [1.807, 2.05) is 6.08 Å². The molecular formula is C4H12ClN. The fourth-order valence-corrected chi connectivity index (χ4v) is 0. The molecule has 4 N–H and O–H groups in total. The van der Waals surface area contributed by atoms with Crippen molar-refractivity contribution >= 4 is 0 Å². The molecule has 0 unspecified atom stereocenters. The molecule has 0 heterocycles. The molecule has 0 aliphatic heterocycles. The fraction of sp³-hybridized carbons (Fsp3) is 0.500. The Morgan fingerprint density at radius 3 is 1.83 bits per heavy atom. The first-order valence-corrected chi connectivity index (χ1v) is 1.52. The van der Waals surface area contributed by atoms with Gasteiger partial charge >= 0.3 is 0 Å². The topological polar surface area (TPSA) is 36.5 Å². The lowest BCUT2D eigenvalue weighted by Gasteiger charge is -1.57. The highest BCUT2D eigenvalue weighted by Crippen LogP contribution is 1.66. The zero-order valence-electron chi connectivity index (χ0n) is 4.37. The van der Waals surface area contributed by atoms with Crippen LogP contribution in [0, 0.1) is 0 Å². The Morgan fingerprint density at radius 2 is 1.83 bits per heavy atom. The highest BCUT2D eigenvalue weighted by molar-refractivity contribution is 4.60. The maximum Gasteiger partial charge on any atom is -0.0382 e. The fourth-order valence-electron chi connectivity index (χ4n) is 0. The van der Waals surface area contributed by atoms with E-state index in [0.717, 1.165) is 6.42 Å². The van der Waals surface area contributed by atoms with E-state index < -0.39 is 0 Å². The molecule has 0 bridgehead atoms. The van der Waals surface area contributed by atoms with Crippen LogP contribution < -0.4 is 18.6 Å². The van der Waals surface area contributed by atoms with Gasteiger partial charge in [0.1, 0.15) is 0 Å². The van der Waals surface area contributed by atoms with E-state index >= 15 is 0 Å². The summed E-state index contributed by atoms with van der Waals surface area (Å²) in [4.78, 5) is 0. The van der Waals surface area contributed by atoms with Crippen molar-refractivity contribution in [3.63, 3.8) is 0 Å². The number of hydrogen-bond acceptors (Lipinski definition) is 0. The van der Waals surface area contributed by atoms with Crippen molar-refractivity contribution in [1.82, 2.24) is 6.15 Å². The highest BCUT2D eigenvalue weighted by Gasteiger charge is 1.45. The molecule has 0 aromatic heterocycles. The van der Waals surface area contributed by atoms with E-state index in [4.69, 9.17) is 0 Å². The van der Waals surface area contributed by atoms with Gasteiger partial charge < -0.3 is 18.6 Å². The van der Waals surface area contributed by atoms with E-state index in [9.17, 15) is 0 Å². The molecule has 0 atom stereocenters. The summed E-state index contributed by atoms with van der Waals surface area (Å²) in [7, 11) is 0. The summed E-state index contributed by atoms with van der Waals surface area (Å²) in [6.07, 6.45) is 2.96. The summed E-state index contributed by atoms with van der Waals surface area (Å²) in [5.41, 5.74) is 0. The summed E-state index contributed by atoms with van der Waals surface area (Å²) in [6.45, 7) is 5.54. The van der Waals surface area contributed by atoms with Crippen LogP contribution in [0.5, 0.6) is 0 Å². The van der Waals surface area contributed by atoms with Crippen molar-refractivity contribution in [2.75, 3.05) is 0 Å². The molecule has 0 aromatic rings. The normalized spacial score (nSPS) is 4.17. The first kappa shape index (κ1) is 16.7. The van der Waals surface area contributed by atoms with Crippen LogP contribution in [0.3, 0.4) is 0 Å². The van der Waals surface area contributed by atoms with Crippen molar-refractivity contribution in [3.8, 4) is 0 Å². The van der Waals surface area contributed by atoms with Crippen LogP contribution in [0.25, 0.3) is 0 Å². The third-order valence-corrected chi connectivity index (χ3v) is 0.289. The standard InChI is InChI=1S/C4H8.ClH.H3N/c1-3-4-2;;/h3H,1,4H2,2H3;1H;1H3. The van der Waals surface area contributed by atoms with Gasteiger partial charge in [-0.25, -0.2) is 0 Å². The molecular weight excluding hydrogens is 97.5 g/mol. The van der Waals surface area contributed by atoms with Crippen LogP contribution in [-0.4, -0.2) is 0 Å². The predicted octanol–water partition coefficient (Wildman–Crippen LogP) is -1.04. The minimum atomic E-state index is 0. The quantitative estimate of drug-likeness (QED) is 0.418. The molecule has 6 heavy (non-hydrogen) atoms. The highest BCUT2D eigenvalue weighted by atomic mass is 35.5. The Kier molecular flexibility index (Phi) is 55.8. The van der Waals surface area contributed by atoms with Gasteiger partial charge in [0.25, 0.3) is 0 Å². The summed E-state index contributed by atoms with van der Waals surface area (Å²) in [5.74, 6) is 0. The third kappa shape index (κ3) is 36.4. The molecule has 40 valence electrons. The maximum absolute atomic E-state index is 3.48. The second-order valence-corrected chi connectivity index (χ2v) is 0.697. The summed E-state index contributed by atoms with van der Waals surface area (Å²) in [6, 6.07) is 0. The van der Waals surface area contributed by atoms with Crippen LogP contribution in [0.15, 0.2) is 12.7 Å². The maximum atomic E-state index is 3.48. The largest absolute Gasteiger partial charge is 1.00 e. The molecule has 1 nitrogen and oxygen atoms in total. The van der Waals surface area contributed by atoms with Gasteiger partial charge in [0, 0.05) is 0 Å². The Labute approximate surface area is 45.4 Å². The molecule has 0 aliphatic rings. The molecule has 0 radical (unpaired) electrons. The number of allylic oxidation sites excluding steroid dienone is 1. The van der Waals surface area contributed by atoms with Crippen LogP contribution in [-0.2, 0) is 0 Å². The molecule has 0 aromatic carbocycles. The molecule has 0 rings (SSSR count). The van der Waals surface area contributed by atoms with Crippen LogP contribution in [0.4, 0.5) is 0 Å². The average molecular weight is 110 g/mol. The second kappa shape index (κ2) is 20.1. The number of halogens is 1. The molecule has 0 spiro atoms. The Morgan fingerprint density at radius 1 is 1.67 bits per heavy atom. The van der Waals surface area contributed by atoms with Gasteiger partial charge in [-0.2, -0.15) is 0 Å². The van der Waals surface area contributed by atoms with Crippen molar-refractivity contribution in [3.05, 3.63) is 12.7 Å². The summed E-state index contributed by atoms with van der Waals surface area (Å²) in [5, 5.41) is 0. The van der Waals surface area contributed by atoms with Crippen LogP contribution in [0.1, 0.15) is 13.3 Å². The lowest BCUT2D eigenvalue weighted by molar-refractivity contribution is -0.00000141. The Hall–Kier alpha value is -0.0100. The smallest absolute Gasteiger partial charge is 0.0382 e. The summed E-state index contributed by atoms with van der Waals surface area (Å²) < 4.78 is 0. The van der Waals surface area contributed by atoms with Crippen LogP contribution in [0.2, 0.25) is 0 Å². The van der Waals surface area contributed by atoms with Crippen LogP contribution >= 0.6 is 0 Å². The van der Waals surface area contributed by atoms with E-state index in [-0.39, 0.29) is 18.6 Å². The Bertz CT molecular complexity index is 21.5. The molecule has 0 fully saturated rings. The van der Waals surface area contributed by atoms with Gasteiger partial charge in [0.05, 0.1) is 0 Å². The van der Waals surface area contributed by atoms with Gasteiger partial charge in [-0.05, 0) is 6.42 Å². The first-order chi connectivity index (χ1) is 1.91. The van der Waals surface area contributed by atoms with Crippen molar-refractivity contribution in [2.24, 2.45) is 0 Å². The monoisotopic (exact) mass is 109 g/mol. The zero-order chi connectivity index (χ0) is 3.41. The van der Waals surface area contributed by atoms with Crippen molar-refractivity contribution < 1.29 is 12.4 Å². The zero-order valence-corrected chi connectivity index (χ0v) is 5.13. The minimum absolute atomic E-state index is 0. The lowest BCUT2D eigenvalue weighted by Crippen LogP contribution is -3.00. The molecule has 0 aliphatic carbocycles. The minimum Gasteiger partial charge on any atom is -1.00 e. The van der Waals surface area contributed by atoms with Gasteiger partial charge in [-0.15, -0.1) is 6.58 Å². The summed E-state index contributed by atoms with van der Waals surface area (Å²) >= 11 is 0. The number of hydrogen-bond donors (Lipinski definition) is 1. The molecule has 2 heteroatoms. The van der Waals surface area contributed by atoms with Gasteiger partial charge in [-0.3, -0.25) is 0 Å². The molecule has 0 saturated heterocycles. The third-order valence-electron chi connectivity index (χ3n) is 0.289. The average Bonchev–Trinajstić information content (AvgIpc) is 1.37. The van der Waals surface area contributed by atoms with E-state index in [2.05, 4.69) is 13.5 Å². The van der Waals surface area contributed by atoms with E-state index in [1.165, 1.54) is 0 Å². The predicted molar refractivity (Wildman–Crippen MR) is 26.5 cm³/mol. The molecule has 0 saturated carbocycles. The van der Waals surface area contributed by atoms with E-state index in [1.54, 1.807) is 0 Å². The Balaban J connectivity index is -0.0000000450. The molecule has 0 amide bonds. The first-order valence-electron chi connectivity index (χ1n) is 1.52. The van der Waals surface area contributed by atoms with Gasteiger partial charge in [-0.1, -0.05) is 13.0 Å². The van der Waals surface area contributed by atoms with Crippen molar-refractivity contribution in [2.45, 2.75) is 13.3 Å². The van der Waals surface area contributed by atoms with Crippen molar-refractivity contribution in [1.29, 1.82) is 0 Å². The SMILES string of the molecule is C=CCC.[Cl-].[NH4+]. The lowest BCUT2D eigenvalue weighted by atomic mass is 10.5. The second-order valence-electron chi connectivity index (χ2n) is 0.697.